The molecule has 1 atom stereocenters. The predicted octanol–water partition coefficient (Wildman–Crippen LogP) is 4.97. The van der Waals surface area contributed by atoms with Gasteiger partial charge in [0.2, 0.25) is 0 Å². The van der Waals surface area contributed by atoms with Crippen LogP contribution in [0.5, 0.6) is 0 Å². The maximum absolute atomic E-state index is 12.1. The molecular weight excluding hydrogens is 342 g/mol. The van der Waals surface area contributed by atoms with E-state index >= 15 is 0 Å². The minimum absolute atomic E-state index is 0.172. The highest BCUT2D eigenvalue weighted by molar-refractivity contribution is 5.69. The minimum Gasteiger partial charge on any atom is -0.462 e. The van der Waals surface area contributed by atoms with Gasteiger partial charge in [0.25, 0.3) is 0 Å². The van der Waals surface area contributed by atoms with E-state index in [-0.39, 0.29) is 24.6 Å². The van der Waals surface area contributed by atoms with Crippen LogP contribution in [0.2, 0.25) is 0 Å². The Morgan fingerprint density at radius 2 is 1.52 bits per heavy atom. The molecule has 0 bridgehead atoms. The van der Waals surface area contributed by atoms with Crippen molar-refractivity contribution in [2.24, 2.45) is 5.92 Å². The van der Waals surface area contributed by atoms with Gasteiger partial charge in [-0.05, 0) is 52.2 Å². The van der Waals surface area contributed by atoms with Gasteiger partial charge in [-0.25, -0.2) is 0 Å². The Hall–Kier alpha value is -1.10. The second kappa shape index (κ2) is 17.0. The van der Waals surface area contributed by atoms with Crippen molar-refractivity contribution in [1.82, 2.24) is 4.90 Å². The molecule has 0 saturated carbocycles. The normalized spacial score (nSPS) is 12.4. The third-order valence-electron chi connectivity index (χ3n) is 5.05. The van der Waals surface area contributed by atoms with Crippen LogP contribution in [-0.2, 0) is 19.1 Å². The Morgan fingerprint density at radius 3 is 2.11 bits per heavy atom. The molecule has 0 rings (SSSR count). The summed E-state index contributed by atoms with van der Waals surface area (Å²) >= 11 is 0. The van der Waals surface area contributed by atoms with Crippen LogP contribution in [0.4, 0.5) is 0 Å². The van der Waals surface area contributed by atoms with E-state index in [0.29, 0.717) is 6.42 Å². The van der Waals surface area contributed by atoms with Crippen LogP contribution in [0.3, 0.4) is 0 Å². The third kappa shape index (κ3) is 16.8. The SMILES string of the molecule is CCC(CC)CCCCCC(COC(C)=O)OC(=O)CCCCCN(C)C. The van der Waals surface area contributed by atoms with Crippen molar-refractivity contribution >= 4 is 11.9 Å². The zero-order valence-electron chi connectivity index (χ0n) is 18.4. The summed E-state index contributed by atoms with van der Waals surface area (Å²) in [5.74, 6) is 0.328. The number of hydrogen-bond acceptors (Lipinski definition) is 5. The van der Waals surface area contributed by atoms with Crippen LogP contribution in [0.25, 0.3) is 0 Å². The van der Waals surface area contributed by atoms with E-state index in [1.165, 1.54) is 32.6 Å². The van der Waals surface area contributed by atoms with Gasteiger partial charge in [-0.3, -0.25) is 9.59 Å². The van der Waals surface area contributed by atoms with Crippen LogP contribution < -0.4 is 0 Å². The van der Waals surface area contributed by atoms with Crippen LogP contribution in [0, 0.1) is 5.92 Å². The lowest BCUT2D eigenvalue weighted by Crippen LogP contribution is -2.24. The van der Waals surface area contributed by atoms with E-state index in [1.807, 2.05) is 0 Å². The van der Waals surface area contributed by atoms with Crippen molar-refractivity contribution in [1.29, 1.82) is 0 Å². The molecule has 5 heteroatoms. The fraction of sp³-hybridized carbons (Fsp3) is 0.909. The number of nitrogens with zero attached hydrogens (tertiary/aromatic N) is 1. The summed E-state index contributed by atoms with van der Waals surface area (Å²) < 4.78 is 10.7. The Labute approximate surface area is 167 Å². The summed E-state index contributed by atoms with van der Waals surface area (Å²) in [6.45, 7) is 7.11. The largest absolute Gasteiger partial charge is 0.462 e. The van der Waals surface area contributed by atoms with Crippen LogP contribution in [0.1, 0.15) is 91.4 Å². The number of carbonyl (C=O) groups is 2. The summed E-state index contributed by atoms with van der Waals surface area (Å²) in [6, 6.07) is 0. The quantitative estimate of drug-likeness (QED) is 0.261. The summed E-state index contributed by atoms with van der Waals surface area (Å²) in [5.41, 5.74) is 0. The first-order valence-corrected chi connectivity index (χ1v) is 10.9. The van der Waals surface area contributed by atoms with Gasteiger partial charge in [-0.1, -0.05) is 52.4 Å². The molecule has 0 aromatic rings. The molecule has 0 amide bonds. The number of esters is 2. The van der Waals surface area contributed by atoms with Gasteiger partial charge in [-0.2, -0.15) is 0 Å². The smallest absolute Gasteiger partial charge is 0.306 e. The summed E-state index contributed by atoms with van der Waals surface area (Å²) in [5, 5.41) is 0. The van der Waals surface area contributed by atoms with Crippen LogP contribution in [0.15, 0.2) is 0 Å². The predicted molar refractivity (Wildman–Crippen MR) is 111 cm³/mol. The van der Waals surface area contributed by atoms with Crippen molar-refractivity contribution < 1.29 is 19.1 Å². The fourth-order valence-corrected chi connectivity index (χ4v) is 3.18. The van der Waals surface area contributed by atoms with Gasteiger partial charge < -0.3 is 14.4 Å². The lowest BCUT2D eigenvalue weighted by molar-refractivity contribution is -0.158. The van der Waals surface area contributed by atoms with E-state index in [1.54, 1.807) is 0 Å². The van der Waals surface area contributed by atoms with E-state index in [0.717, 1.165) is 51.0 Å². The zero-order valence-corrected chi connectivity index (χ0v) is 18.4. The first-order chi connectivity index (χ1) is 12.9. The molecule has 0 aliphatic heterocycles. The highest BCUT2D eigenvalue weighted by atomic mass is 16.6. The molecule has 160 valence electrons. The van der Waals surface area contributed by atoms with Gasteiger partial charge in [-0.15, -0.1) is 0 Å². The maximum atomic E-state index is 12.1. The summed E-state index contributed by atoms with van der Waals surface area (Å²) in [7, 11) is 4.11. The fourth-order valence-electron chi connectivity index (χ4n) is 3.18. The minimum atomic E-state index is -0.325. The number of rotatable bonds is 17. The van der Waals surface area contributed by atoms with E-state index in [4.69, 9.17) is 9.47 Å². The standard InChI is InChI=1S/C22H43NO4/c1-6-20(7-2)14-10-8-11-15-21(18-26-19(3)24)27-22(25)16-12-9-13-17-23(4)5/h20-21H,6-18H2,1-5H3. The number of ether oxygens (including phenoxy) is 2. The van der Waals surface area contributed by atoms with Crippen molar-refractivity contribution in [2.75, 3.05) is 27.2 Å². The topological polar surface area (TPSA) is 55.8 Å². The molecule has 0 N–H and O–H groups in total. The molecule has 0 aliphatic rings. The first-order valence-electron chi connectivity index (χ1n) is 10.9. The molecule has 0 aromatic carbocycles. The lowest BCUT2D eigenvalue weighted by Gasteiger charge is -2.18. The van der Waals surface area contributed by atoms with Crippen molar-refractivity contribution in [3.8, 4) is 0 Å². The first kappa shape index (κ1) is 25.9. The number of unbranched alkanes of at least 4 members (excludes halogenated alkanes) is 4. The van der Waals surface area contributed by atoms with E-state index in [9.17, 15) is 9.59 Å². The Bertz CT molecular complexity index is 381. The molecule has 0 heterocycles. The summed E-state index contributed by atoms with van der Waals surface area (Å²) in [6.07, 6.45) is 11.0. The molecule has 0 spiro atoms. The highest BCUT2D eigenvalue weighted by Gasteiger charge is 2.16. The lowest BCUT2D eigenvalue weighted by atomic mass is 9.95. The van der Waals surface area contributed by atoms with Gasteiger partial charge in [0, 0.05) is 13.3 Å². The molecule has 0 radical (unpaired) electrons. The maximum Gasteiger partial charge on any atom is 0.306 e. The molecular formula is C22H43NO4. The molecule has 0 aliphatic carbocycles. The van der Waals surface area contributed by atoms with Crippen molar-refractivity contribution in [3.63, 3.8) is 0 Å². The van der Waals surface area contributed by atoms with Gasteiger partial charge in [0.1, 0.15) is 12.7 Å². The second-order valence-electron chi connectivity index (χ2n) is 7.85. The molecule has 0 aromatic heterocycles. The molecule has 0 fully saturated rings. The number of hydrogen-bond donors (Lipinski definition) is 0. The summed E-state index contributed by atoms with van der Waals surface area (Å²) in [4.78, 5) is 25.3. The van der Waals surface area contributed by atoms with Gasteiger partial charge in [0.05, 0.1) is 0 Å². The highest BCUT2D eigenvalue weighted by Crippen LogP contribution is 2.18. The molecule has 5 nitrogen and oxygen atoms in total. The van der Waals surface area contributed by atoms with Gasteiger partial charge in [0.15, 0.2) is 0 Å². The average molecular weight is 386 g/mol. The Kier molecular flexibility index (Phi) is 16.3. The Morgan fingerprint density at radius 1 is 0.889 bits per heavy atom. The Balaban J connectivity index is 4.07. The number of carbonyl (C=O) groups excluding carboxylic acids is 2. The van der Waals surface area contributed by atoms with Crippen LogP contribution in [-0.4, -0.2) is 50.2 Å². The second-order valence-corrected chi connectivity index (χ2v) is 7.85. The van der Waals surface area contributed by atoms with Crippen LogP contribution >= 0.6 is 0 Å². The van der Waals surface area contributed by atoms with Crippen molar-refractivity contribution in [2.45, 2.75) is 97.5 Å². The monoisotopic (exact) mass is 385 g/mol. The van der Waals surface area contributed by atoms with Gasteiger partial charge >= 0.3 is 11.9 Å². The van der Waals surface area contributed by atoms with E-state index in [2.05, 4.69) is 32.8 Å². The van der Waals surface area contributed by atoms with Crippen molar-refractivity contribution in [3.05, 3.63) is 0 Å². The molecule has 1 unspecified atom stereocenters. The third-order valence-corrected chi connectivity index (χ3v) is 5.05. The molecule has 0 saturated heterocycles. The average Bonchev–Trinajstić information content (AvgIpc) is 2.61. The molecule has 27 heavy (non-hydrogen) atoms. The zero-order chi connectivity index (χ0) is 20.5. The van der Waals surface area contributed by atoms with E-state index < -0.39 is 0 Å².